The number of carboxylic acid groups (broad SMARTS) is 1. The highest BCUT2D eigenvalue weighted by molar-refractivity contribution is 5.97. The molecule has 19 heavy (non-hydrogen) atoms. The molecule has 0 aliphatic carbocycles. The second-order valence-corrected chi connectivity index (χ2v) is 5.92. The molecule has 5 heteroatoms. The first-order valence-electron chi connectivity index (χ1n) is 6.69. The first-order valence-corrected chi connectivity index (χ1v) is 6.69. The molecule has 0 heterocycles. The standard InChI is InChI=1S/C14H27NO4/c1-7-10(2)15(8-9-19-6)12(16)11(13(17)18)14(3,4)5/h10-11H,7-9H2,1-6H3,(H,17,18). The number of aliphatic carboxylic acids is 1. The average Bonchev–Trinajstić information content (AvgIpc) is 2.26. The molecule has 0 fully saturated rings. The Morgan fingerprint density at radius 3 is 2.16 bits per heavy atom. The van der Waals surface area contributed by atoms with Gasteiger partial charge >= 0.3 is 5.97 Å². The summed E-state index contributed by atoms with van der Waals surface area (Å²) >= 11 is 0. The van der Waals surface area contributed by atoms with Crippen LogP contribution in [0, 0.1) is 11.3 Å². The zero-order valence-corrected chi connectivity index (χ0v) is 12.9. The number of methoxy groups -OCH3 is 1. The number of rotatable bonds is 7. The molecule has 0 aromatic heterocycles. The van der Waals surface area contributed by atoms with Gasteiger partial charge in [-0.15, -0.1) is 0 Å². The lowest BCUT2D eigenvalue weighted by molar-refractivity contribution is -0.157. The summed E-state index contributed by atoms with van der Waals surface area (Å²) in [4.78, 5) is 25.5. The SMILES string of the molecule is CCC(C)N(CCOC)C(=O)C(C(=O)O)C(C)(C)C. The summed E-state index contributed by atoms with van der Waals surface area (Å²) < 4.78 is 5.00. The number of carboxylic acids is 1. The second-order valence-electron chi connectivity index (χ2n) is 5.92. The number of hydrogen-bond acceptors (Lipinski definition) is 3. The molecule has 0 saturated carbocycles. The lowest BCUT2D eigenvalue weighted by Gasteiger charge is -2.35. The number of hydrogen-bond donors (Lipinski definition) is 1. The van der Waals surface area contributed by atoms with Gasteiger partial charge < -0.3 is 14.7 Å². The maximum absolute atomic E-state index is 12.5. The highest BCUT2D eigenvalue weighted by Crippen LogP contribution is 2.28. The highest BCUT2D eigenvalue weighted by Gasteiger charge is 2.40. The Morgan fingerprint density at radius 1 is 1.32 bits per heavy atom. The molecule has 0 radical (unpaired) electrons. The van der Waals surface area contributed by atoms with Crippen LogP contribution < -0.4 is 0 Å². The minimum Gasteiger partial charge on any atom is -0.481 e. The van der Waals surface area contributed by atoms with Gasteiger partial charge in [-0.05, 0) is 18.8 Å². The predicted molar refractivity (Wildman–Crippen MR) is 73.9 cm³/mol. The van der Waals surface area contributed by atoms with E-state index in [-0.39, 0.29) is 11.9 Å². The molecular formula is C14H27NO4. The summed E-state index contributed by atoms with van der Waals surface area (Å²) in [5, 5.41) is 9.33. The molecule has 0 bridgehead atoms. The van der Waals surface area contributed by atoms with E-state index >= 15 is 0 Å². The maximum atomic E-state index is 12.5. The molecule has 0 aromatic carbocycles. The van der Waals surface area contributed by atoms with Crippen molar-refractivity contribution in [2.75, 3.05) is 20.3 Å². The van der Waals surface area contributed by atoms with Gasteiger partial charge in [-0.2, -0.15) is 0 Å². The van der Waals surface area contributed by atoms with Gasteiger partial charge in [0.25, 0.3) is 0 Å². The van der Waals surface area contributed by atoms with E-state index in [4.69, 9.17) is 4.74 Å². The van der Waals surface area contributed by atoms with E-state index in [0.717, 1.165) is 6.42 Å². The summed E-state index contributed by atoms with van der Waals surface area (Å²) in [5.74, 6) is -2.42. The van der Waals surface area contributed by atoms with Crippen LogP contribution in [0.15, 0.2) is 0 Å². The smallest absolute Gasteiger partial charge is 0.316 e. The number of ether oxygens (including phenoxy) is 1. The topological polar surface area (TPSA) is 66.8 Å². The molecule has 0 spiro atoms. The third-order valence-electron chi connectivity index (χ3n) is 3.30. The van der Waals surface area contributed by atoms with E-state index in [1.807, 2.05) is 13.8 Å². The Kier molecular flexibility index (Phi) is 7.05. The van der Waals surface area contributed by atoms with Crippen LogP contribution in [-0.4, -0.2) is 48.2 Å². The summed E-state index contributed by atoms with van der Waals surface area (Å²) in [6.45, 7) is 10.1. The van der Waals surface area contributed by atoms with Crippen molar-refractivity contribution in [3.63, 3.8) is 0 Å². The number of carbonyl (C=O) groups is 2. The molecule has 2 unspecified atom stereocenters. The summed E-state index contributed by atoms with van der Waals surface area (Å²) in [5.41, 5.74) is -0.609. The Balaban J connectivity index is 5.18. The molecule has 1 amide bonds. The van der Waals surface area contributed by atoms with Crippen molar-refractivity contribution < 1.29 is 19.4 Å². The largest absolute Gasteiger partial charge is 0.481 e. The van der Waals surface area contributed by atoms with Crippen molar-refractivity contribution in [1.82, 2.24) is 4.90 Å². The van der Waals surface area contributed by atoms with Crippen LogP contribution in [0.5, 0.6) is 0 Å². The van der Waals surface area contributed by atoms with Crippen molar-refractivity contribution in [2.24, 2.45) is 11.3 Å². The fourth-order valence-corrected chi connectivity index (χ4v) is 1.97. The van der Waals surface area contributed by atoms with Gasteiger partial charge in [-0.3, -0.25) is 9.59 Å². The Labute approximate surface area is 115 Å². The average molecular weight is 273 g/mol. The van der Waals surface area contributed by atoms with Crippen LogP contribution in [0.1, 0.15) is 41.0 Å². The van der Waals surface area contributed by atoms with Crippen LogP contribution in [0.2, 0.25) is 0 Å². The molecule has 0 rings (SSSR count). The van der Waals surface area contributed by atoms with Crippen LogP contribution in [0.4, 0.5) is 0 Å². The monoisotopic (exact) mass is 273 g/mol. The van der Waals surface area contributed by atoms with E-state index in [2.05, 4.69) is 0 Å². The molecule has 1 N–H and O–H groups in total. The summed E-state index contributed by atoms with van der Waals surface area (Å²) in [7, 11) is 1.57. The van der Waals surface area contributed by atoms with Crippen LogP contribution in [0.25, 0.3) is 0 Å². The van der Waals surface area contributed by atoms with Crippen LogP contribution in [0.3, 0.4) is 0 Å². The number of nitrogens with zero attached hydrogens (tertiary/aromatic N) is 1. The van der Waals surface area contributed by atoms with Crippen molar-refractivity contribution in [2.45, 2.75) is 47.1 Å². The Hall–Kier alpha value is -1.10. The van der Waals surface area contributed by atoms with E-state index < -0.39 is 17.3 Å². The molecule has 0 aromatic rings. The molecule has 5 nitrogen and oxygen atoms in total. The fourth-order valence-electron chi connectivity index (χ4n) is 1.97. The van der Waals surface area contributed by atoms with Gasteiger partial charge in [-0.25, -0.2) is 0 Å². The van der Waals surface area contributed by atoms with E-state index in [0.29, 0.717) is 13.2 Å². The molecule has 2 atom stereocenters. The summed E-state index contributed by atoms with van der Waals surface area (Å²) in [6, 6.07) is 0.00634. The third kappa shape index (κ3) is 5.19. The van der Waals surface area contributed by atoms with E-state index in [1.54, 1.807) is 32.8 Å². The zero-order chi connectivity index (χ0) is 15.2. The fraction of sp³-hybridized carbons (Fsp3) is 0.857. The first-order chi connectivity index (χ1) is 8.66. The van der Waals surface area contributed by atoms with E-state index in [9.17, 15) is 14.7 Å². The second kappa shape index (κ2) is 7.48. The van der Waals surface area contributed by atoms with Crippen LogP contribution in [-0.2, 0) is 14.3 Å². The lowest BCUT2D eigenvalue weighted by Crippen LogP contribution is -2.49. The van der Waals surface area contributed by atoms with Crippen LogP contribution >= 0.6 is 0 Å². The number of amides is 1. The number of carbonyl (C=O) groups excluding carboxylic acids is 1. The molecule has 112 valence electrons. The Bertz CT molecular complexity index is 309. The third-order valence-corrected chi connectivity index (χ3v) is 3.30. The Morgan fingerprint density at radius 2 is 1.84 bits per heavy atom. The maximum Gasteiger partial charge on any atom is 0.316 e. The van der Waals surface area contributed by atoms with Gasteiger partial charge in [0, 0.05) is 19.7 Å². The lowest BCUT2D eigenvalue weighted by atomic mass is 9.79. The molecular weight excluding hydrogens is 246 g/mol. The van der Waals surface area contributed by atoms with Gasteiger partial charge in [0.2, 0.25) is 5.91 Å². The van der Waals surface area contributed by atoms with Crippen molar-refractivity contribution >= 4 is 11.9 Å². The van der Waals surface area contributed by atoms with E-state index in [1.165, 1.54) is 0 Å². The van der Waals surface area contributed by atoms with Gasteiger partial charge in [0.1, 0.15) is 5.92 Å². The molecule has 0 aliphatic heterocycles. The van der Waals surface area contributed by atoms with Crippen molar-refractivity contribution in [1.29, 1.82) is 0 Å². The minimum absolute atomic E-state index is 0.00634. The predicted octanol–water partition coefficient (Wildman–Crippen LogP) is 2.01. The molecule has 0 saturated heterocycles. The van der Waals surface area contributed by atoms with Gasteiger partial charge in [-0.1, -0.05) is 27.7 Å². The highest BCUT2D eigenvalue weighted by atomic mass is 16.5. The normalized spacial score (nSPS) is 14.8. The van der Waals surface area contributed by atoms with Gasteiger partial charge in [0.15, 0.2) is 0 Å². The van der Waals surface area contributed by atoms with Gasteiger partial charge in [0.05, 0.1) is 6.61 Å². The van der Waals surface area contributed by atoms with Crippen molar-refractivity contribution in [3.8, 4) is 0 Å². The minimum atomic E-state index is -1.07. The molecule has 0 aliphatic rings. The zero-order valence-electron chi connectivity index (χ0n) is 12.9. The van der Waals surface area contributed by atoms with Crippen molar-refractivity contribution in [3.05, 3.63) is 0 Å². The summed E-state index contributed by atoms with van der Waals surface area (Å²) in [6.07, 6.45) is 0.784. The quantitative estimate of drug-likeness (QED) is 0.720. The first kappa shape index (κ1) is 17.9.